The Morgan fingerprint density at radius 2 is 1.48 bits per heavy atom. The van der Waals surface area contributed by atoms with Gasteiger partial charge < -0.3 is 5.73 Å². The van der Waals surface area contributed by atoms with Gasteiger partial charge in [-0.1, -0.05) is 93.8 Å². The van der Waals surface area contributed by atoms with Crippen LogP contribution < -0.4 is 5.73 Å². The quantitative estimate of drug-likeness (QED) is 0.202. The summed E-state index contributed by atoms with van der Waals surface area (Å²) in [5.41, 5.74) is 14.2. The van der Waals surface area contributed by atoms with Crippen molar-refractivity contribution in [3.63, 3.8) is 0 Å². The number of aryl methyl sites for hydroxylation is 1. The lowest BCUT2D eigenvalue weighted by Crippen LogP contribution is -1.95. The maximum atomic E-state index is 6.35. The number of nitrogens with two attached hydrogens (primary N) is 1. The summed E-state index contributed by atoms with van der Waals surface area (Å²) in [6.45, 7) is 14.7. The van der Waals surface area contributed by atoms with Crippen molar-refractivity contribution < 1.29 is 0 Å². The largest absolute Gasteiger partial charge is 0.398 e. The van der Waals surface area contributed by atoms with Crippen molar-refractivity contribution in [1.82, 2.24) is 0 Å². The van der Waals surface area contributed by atoms with Crippen molar-refractivity contribution >= 4 is 51.5 Å². The van der Waals surface area contributed by atoms with E-state index in [1.54, 1.807) is 0 Å². The summed E-state index contributed by atoms with van der Waals surface area (Å²) in [5.74, 6) is 0.507. The van der Waals surface area contributed by atoms with Gasteiger partial charge in [0.2, 0.25) is 0 Å². The van der Waals surface area contributed by atoms with E-state index in [0.29, 0.717) is 5.92 Å². The number of fused-ring (bicyclic) bond motifs is 3. The van der Waals surface area contributed by atoms with Crippen LogP contribution in [0.1, 0.15) is 53.1 Å². The lowest BCUT2D eigenvalue weighted by molar-refractivity contribution is 0.856. The smallest absolute Gasteiger partial charge is 0.0400 e. The average molecular weight is 404 g/mol. The Labute approximate surface area is 185 Å². The second kappa shape index (κ2) is 8.28. The van der Waals surface area contributed by atoms with E-state index in [2.05, 4.69) is 101 Å². The van der Waals surface area contributed by atoms with E-state index in [1.807, 2.05) is 12.2 Å². The third-order valence-electron chi connectivity index (χ3n) is 6.10. The van der Waals surface area contributed by atoms with E-state index in [0.717, 1.165) is 27.6 Å². The lowest BCUT2D eigenvalue weighted by atomic mass is 9.90. The standard InChI is InChI=1S/C30H29N/c1-6-23-24(7-2)30(31)18-29-26-11-9-8-10-25(26)22(17-28(23)29)15-14-21-13-12-20(5)27(16-21)19(3)4/h6-19H,1-2,31H2,3-5H3/b15-14+. The minimum Gasteiger partial charge on any atom is -0.398 e. The molecule has 0 saturated carbocycles. The first-order valence-electron chi connectivity index (χ1n) is 10.8. The summed E-state index contributed by atoms with van der Waals surface area (Å²) in [5, 5.41) is 4.69. The summed E-state index contributed by atoms with van der Waals surface area (Å²) in [6, 6.07) is 19.5. The number of nitrogen functional groups attached to an aromatic ring is 1. The van der Waals surface area contributed by atoms with E-state index < -0.39 is 0 Å². The minimum absolute atomic E-state index is 0.507. The summed E-state index contributed by atoms with van der Waals surface area (Å²) in [7, 11) is 0. The van der Waals surface area contributed by atoms with Crippen LogP contribution in [0, 0.1) is 6.92 Å². The molecule has 0 atom stereocenters. The van der Waals surface area contributed by atoms with Crippen LogP contribution >= 0.6 is 0 Å². The maximum Gasteiger partial charge on any atom is 0.0400 e. The zero-order valence-electron chi connectivity index (χ0n) is 18.6. The second-order valence-electron chi connectivity index (χ2n) is 8.41. The highest BCUT2D eigenvalue weighted by Crippen LogP contribution is 2.36. The molecule has 0 unspecified atom stereocenters. The molecule has 0 aliphatic carbocycles. The Hall–Kier alpha value is -3.58. The molecule has 4 rings (SSSR count). The van der Waals surface area contributed by atoms with Crippen LogP contribution in [-0.4, -0.2) is 0 Å². The molecule has 0 amide bonds. The van der Waals surface area contributed by atoms with Gasteiger partial charge in [0.15, 0.2) is 0 Å². The van der Waals surface area contributed by atoms with Crippen molar-refractivity contribution in [3.8, 4) is 0 Å². The number of hydrogen-bond donors (Lipinski definition) is 1. The van der Waals surface area contributed by atoms with E-state index in [9.17, 15) is 0 Å². The molecule has 0 aliphatic heterocycles. The molecule has 31 heavy (non-hydrogen) atoms. The van der Waals surface area contributed by atoms with E-state index in [-0.39, 0.29) is 0 Å². The molecule has 0 heterocycles. The maximum absolute atomic E-state index is 6.35. The fraction of sp³-hybridized carbons (Fsp3) is 0.133. The fourth-order valence-electron chi connectivity index (χ4n) is 4.49. The second-order valence-corrected chi connectivity index (χ2v) is 8.41. The van der Waals surface area contributed by atoms with Crippen molar-refractivity contribution in [2.24, 2.45) is 0 Å². The Bertz CT molecular complexity index is 1350. The third kappa shape index (κ3) is 3.68. The Morgan fingerprint density at radius 3 is 2.16 bits per heavy atom. The van der Waals surface area contributed by atoms with Gasteiger partial charge in [-0.15, -0.1) is 0 Å². The topological polar surface area (TPSA) is 26.0 Å². The average Bonchev–Trinajstić information content (AvgIpc) is 2.77. The van der Waals surface area contributed by atoms with E-state index in [1.165, 1.54) is 33.0 Å². The predicted octanol–water partition coefficient (Wildman–Crippen LogP) is 8.46. The van der Waals surface area contributed by atoms with Gasteiger partial charge in [-0.05, 0) is 74.3 Å². The number of anilines is 1. The van der Waals surface area contributed by atoms with Gasteiger partial charge in [0.25, 0.3) is 0 Å². The monoisotopic (exact) mass is 403 g/mol. The molecule has 0 bridgehead atoms. The third-order valence-corrected chi connectivity index (χ3v) is 6.10. The summed E-state index contributed by atoms with van der Waals surface area (Å²) < 4.78 is 0. The van der Waals surface area contributed by atoms with Crippen LogP contribution in [0.15, 0.2) is 67.8 Å². The normalized spacial score (nSPS) is 11.6. The molecule has 1 nitrogen and oxygen atoms in total. The lowest BCUT2D eigenvalue weighted by Gasteiger charge is -2.15. The van der Waals surface area contributed by atoms with Gasteiger partial charge in [0.1, 0.15) is 0 Å². The summed E-state index contributed by atoms with van der Waals surface area (Å²) in [6.07, 6.45) is 8.12. The van der Waals surface area contributed by atoms with Gasteiger partial charge in [-0.3, -0.25) is 0 Å². The van der Waals surface area contributed by atoms with Crippen LogP contribution in [0.3, 0.4) is 0 Å². The molecule has 0 spiro atoms. The Morgan fingerprint density at radius 1 is 0.774 bits per heavy atom. The molecule has 154 valence electrons. The number of hydrogen-bond acceptors (Lipinski definition) is 1. The van der Waals surface area contributed by atoms with Gasteiger partial charge in [-0.25, -0.2) is 0 Å². The zero-order chi connectivity index (χ0) is 22.1. The van der Waals surface area contributed by atoms with Gasteiger partial charge in [0, 0.05) is 11.3 Å². The van der Waals surface area contributed by atoms with E-state index >= 15 is 0 Å². The van der Waals surface area contributed by atoms with Crippen LogP contribution in [0.2, 0.25) is 0 Å². The highest BCUT2D eigenvalue weighted by Gasteiger charge is 2.12. The minimum atomic E-state index is 0.507. The van der Waals surface area contributed by atoms with Crippen molar-refractivity contribution in [3.05, 3.63) is 101 Å². The molecule has 0 saturated heterocycles. The SMILES string of the molecule is C=Cc1c(N)cc2c(cc(/C=C/c3ccc(C)c(C(C)C)c3)c3ccccc32)c1C=C. The van der Waals surface area contributed by atoms with Crippen molar-refractivity contribution in [2.45, 2.75) is 26.7 Å². The first-order valence-corrected chi connectivity index (χ1v) is 10.8. The molecule has 4 aromatic rings. The molecule has 1 heteroatoms. The Balaban J connectivity index is 1.96. The Kier molecular flexibility index (Phi) is 5.52. The predicted molar refractivity (Wildman–Crippen MR) is 140 cm³/mol. The van der Waals surface area contributed by atoms with Crippen LogP contribution in [0.4, 0.5) is 5.69 Å². The first kappa shape index (κ1) is 20.7. The van der Waals surface area contributed by atoms with Gasteiger partial charge >= 0.3 is 0 Å². The van der Waals surface area contributed by atoms with Crippen LogP contribution in [0.5, 0.6) is 0 Å². The molecule has 0 aromatic heterocycles. The molecular formula is C30H29N. The molecule has 0 aliphatic rings. The molecule has 4 aromatic carbocycles. The molecule has 0 fully saturated rings. The number of rotatable bonds is 5. The first-order chi connectivity index (χ1) is 14.9. The zero-order valence-corrected chi connectivity index (χ0v) is 18.6. The van der Waals surface area contributed by atoms with Crippen molar-refractivity contribution in [2.75, 3.05) is 5.73 Å². The molecule has 2 N–H and O–H groups in total. The van der Waals surface area contributed by atoms with E-state index in [4.69, 9.17) is 5.73 Å². The highest BCUT2D eigenvalue weighted by atomic mass is 14.6. The van der Waals surface area contributed by atoms with Gasteiger partial charge in [0.05, 0.1) is 0 Å². The highest BCUT2D eigenvalue weighted by molar-refractivity contribution is 6.15. The number of benzene rings is 4. The van der Waals surface area contributed by atoms with Crippen LogP contribution in [-0.2, 0) is 0 Å². The van der Waals surface area contributed by atoms with Crippen LogP contribution in [0.25, 0.3) is 45.8 Å². The summed E-state index contributed by atoms with van der Waals surface area (Å²) >= 11 is 0. The fourth-order valence-corrected chi connectivity index (χ4v) is 4.49. The van der Waals surface area contributed by atoms with Crippen molar-refractivity contribution in [1.29, 1.82) is 0 Å². The summed E-state index contributed by atoms with van der Waals surface area (Å²) in [4.78, 5) is 0. The van der Waals surface area contributed by atoms with Gasteiger partial charge in [-0.2, -0.15) is 0 Å². The molecular weight excluding hydrogens is 374 g/mol. The molecule has 0 radical (unpaired) electrons.